The first-order chi connectivity index (χ1) is 17.1. The number of hydrogen-bond acceptors (Lipinski definition) is 7. The second kappa shape index (κ2) is 10.6. The predicted molar refractivity (Wildman–Crippen MR) is 134 cm³/mol. The Morgan fingerprint density at radius 3 is 2.80 bits per heavy atom. The fraction of sp³-hybridized carbons (Fsp3) is 0.385. The zero-order valence-corrected chi connectivity index (χ0v) is 20.4. The number of ether oxygens (including phenoxy) is 2. The van der Waals surface area contributed by atoms with Crippen molar-refractivity contribution in [2.75, 3.05) is 37.8 Å². The molecule has 0 radical (unpaired) electrons. The molecule has 1 saturated carbocycles. The summed E-state index contributed by atoms with van der Waals surface area (Å²) < 4.78 is 11.3. The average Bonchev–Trinajstić information content (AvgIpc) is 3.72. The van der Waals surface area contributed by atoms with Crippen LogP contribution in [0.1, 0.15) is 34.5 Å². The molecule has 2 fully saturated rings. The first-order valence-electron chi connectivity index (χ1n) is 11.9. The zero-order valence-electron chi connectivity index (χ0n) is 19.7. The van der Waals surface area contributed by atoms with Gasteiger partial charge in [0.1, 0.15) is 11.6 Å². The van der Waals surface area contributed by atoms with E-state index in [-0.39, 0.29) is 5.91 Å². The molecule has 1 aliphatic carbocycles. The number of anilines is 1. The molecule has 1 N–H and O–H groups in total. The molecule has 1 amide bonds. The molecule has 0 unspecified atom stereocenters. The molecule has 1 aliphatic heterocycles. The van der Waals surface area contributed by atoms with Crippen molar-refractivity contribution in [3.63, 3.8) is 0 Å². The van der Waals surface area contributed by atoms with Gasteiger partial charge in [-0.05, 0) is 56.0 Å². The topological polar surface area (TPSA) is 89.5 Å². The van der Waals surface area contributed by atoms with Crippen LogP contribution in [0.15, 0.2) is 42.6 Å². The van der Waals surface area contributed by atoms with Gasteiger partial charge >= 0.3 is 0 Å². The van der Waals surface area contributed by atoms with Gasteiger partial charge in [-0.25, -0.2) is 4.98 Å². The van der Waals surface area contributed by atoms with Crippen molar-refractivity contribution in [1.29, 1.82) is 0 Å². The fourth-order valence-electron chi connectivity index (χ4n) is 3.94. The van der Waals surface area contributed by atoms with Crippen LogP contribution < -0.4 is 15.0 Å². The first-order valence-corrected chi connectivity index (χ1v) is 12.3. The van der Waals surface area contributed by atoms with Crippen LogP contribution in [0.5, 0.6) is 5.75 Å². The number of rotatable bonds is 8. The van der Waals surface area contributed by atoms with Gasteiger partial charge in [0.05, 0.1) is 42.3 Å². The van der Waals surface area contributed by atoms with Crippen molar-refractivity contribution >= 4 is 23.3 Å². The summed E-state index contributed by atoms with van der Waals surface area (Å²) in [5.41, 5.74) is 3.66. The molecule has 2 aliphatic rings. The largest absolute Gasteiger partial charge is 0.492 e. The van der Waals surface area contributed by atoms with Crippen LogP contribution in [0.4, 0.5) is 5.82 Å². The summed E-state index contributed by atoms with van der Waals surface area (Å²) in [6.07, 6.45) is 3.90. The monoisotopic (exact) mass is 493 g/mol. The second-order valence-electron chi connectivity index (χ2n) is 8.95. The van der Waals surface area contributed by atoms with Gasteiger partial charge in [0.15, 0.2) is 0 Å². The number of nitrogens with one attached hydrogen (secondary N) is 1. The standard InChI is InChI=1S/C26H28ClN5O3/c1-17-2-5-20(25(30-17)32-8-10-34-11-9-32)14-28-26(33)21-13-23(31-29-15-21)19-6-7-24(22(27)12-19)35-16-18-3-4-18/h2,5-7,12-13,15,18H,3-4,8-11,14,16H2,1H3,(H,28,33). The summed E-state index contributed by atoms with van der Waals surface area (Å²) in [6, 6.07) is 11.2. The Morgan fingerprint density at radius 1 is 1.20 bits per heavy atom. The summed E-state index contributed by atoms with van der Waals surface area (Å²) in [6.45, 7) is 5.92. The van der Waals surface area contributed by atoms with Gasteiger partial charge in [0.2, 0.25) is 0 Å². The van der Waals surface area contributed by atoms with Gasteiger partial charge in [-0.2, -0.15) is 10.2 Å². The van der Waals surface area contributed by atoms with Crippen molar-refractivity contribution in [3.8, 4) is 17.0 Å². The van der Waals surface area contributed by atoms with Crippen LogP contribution in [0, 0.1) is 12.8 Å². The van der Waals surface area contributed by atoms with Gasteiger partial charge in [-0.1, -0.05) is 17.7 Å². The molecule has 0 atom stereocenters. The van der Waals surface area contributed by atoms with Crippen molar-refractivity contribution in [1.82, 2.24) is 20.5 Å². The zero-order chi connectivity index (χ0) is 24.2. The highest BCUT2D eigenvalue weighted by atomic mass is 35.5. The van der Waals surface area contributed by atoms with Crippen molar-refractivity contribution in [2.45, 2.75) is 26.3 Å². The quantitative estimate of drug-likeness (QED) is 0.506. The number of halogens is 1. The Balaban J connectivity index is 1.27. The molecular weight excluding hydrogens is 466 g/mol. The lowest BCUT2D eigenvalue weighted by molar-refractivity contribution is 0.0950. The molecule has 9 heteroatoms. The van der Waals surface area contributed by atoms with Crippen LogP contribution >= 0.6 is 11.6 Å². The molecule has 2 aromatic heterocycles. The minimum absolute atomic E-state index is 0.231. The number of benzene rings is 1. The minimum Gasteiger partial charge on any atom is -0.492 e. The Hall–Kier alpha value is -3.23. The van der Waals surface area contributed by atoms with E-state index in [1.165, 1.54) is 19.0 Å². The van der Waals surface area contributed by atoms with Crippen molar-refractivity contribution in [2.24, 2.45) is 5.92 Å². The Bertz CT molecular complexity index is 1210. The highest BCUT2D eigenvalue weighted by Gasteiger charge is 2.22. The third-order valence-electron chi connectivity index (χ3n) is 6.16. The van der Waals surface area contributed by atoms with E-state index in [9.17, 15) is 4.79 Å². The van der Waals surface area contributed by atoms with E-state index in [2.05, 4.69) is 20.4 Å². The lowest BCUT2D eigenvalue weighted by Gasteiger charge is -2.29. The third-order valence-corrected chi connectivity index (χ3v) is 6.46. The first kappa shape index (κ1) is 23.5. The van der Waals surface area contributed by atoms with E-state index in [0.29, 0.717) is 54.3 Å². The van der Waals surface area contributed by atoms with Crippen molar-refractivity contribution < 1.29 is 14.3 Å². The van der Waals surface area contributed by atoms with Crippen LogP contribution in [-0.2, 0) is 11.3 Å². The summed E-state index contributed by atoms with van der Waals surface area (Å²) >= 11 is 6.42. The van der Waals surface area contributed by atoms with Gasteiger partial charge in [0, 0.05) is 36.5 Å². The Labute approximate surface area is 209 Å². The molecule has 1 saturated heterocycles. The van der Waals surface area contributed by atoms with E-state index in [0.717, 1.165) is 35.7 Å². The fourth-order valence-corrected chi connectivity index (χ4v) is 4.17. The van der Waals surface area contributed by atoms with Gasteiger partial charge in [-0.3, -0.25) is 4.79 Å². The highest BCUT2D eigenvalue weighted by Crippen LogP contribution is 2.33. The number of morpholine rings is 1. The van der Waals surface area contributed by atoms with Gasteiger partial charge in [0.25, 0.3) is 5.91 Å². The second-order valence-corrected chi connectivity index (χ2v) is 9.35. The van der Waals surface area contributed by atoms with Crippen LogP contribution in [0.25, 0.3) is 11.3 Å². The van der Waals surface area contributed by atoms with Crippen molar-refractivity contribution in [3.05, 3.63) is 64.4 Å². The predicted octanol–water partition coefficient (Wildman–Crippen LogP) is 4.06. The van der Waals surface area contributed by atoms with Gasteiger partial charge < -0.3 is 19.7 Å². The molecular formula is C26H28ClN5O3. The normalized spacial score (nSPS) is 15.7. The Morgan fingerprint density at radius 2 is 2.03 bits per heavy atom. The lowest BCUT2D eigenvalue weighted by Crippen LogP contribution is -2.38. The molecule has 182 valence electrons. The maximum absolute atomic E-state index is 13.0. The number of carbonyl (C=O) groups is 1. The SMILES string of the molecule is Cc1ccc(CNC(=O)c2cnnc(-c3ccc(OCC4CC4)c(Cl)c3)c2)c(N2CCOCC2)n1. The molecule has 3 heterocycles. The maximum atomic E-state index is 13.0. The number of aryl methyl sites for hydroxylation is 1. The van der Waals surface area contributed by atoms with E-state index in [1.54, 1.807) is 12.1 Å². The molecule has 8 nitrogen and oxygen atoms in total. The van der Waals surface area contributed by atoms with Gasteiger partial charge in [-0.15, -0.1) is 0 Å². The average molecular weight is 494 g/mol. The number of pyridine rings is 1. The van der Waals surface area contributed by atoms with Crippen LogP contribution in [-0.4, -0.2) is 54.0 Å². The number of nitrogens with zero attached hydrogens (tertiary/aromatic N) is 4. The summed E-state index contributed by atoms with van der Waals surface area (Å²) in [5, 5.41) is 11.7. The molecule has 0 bridgehead atoms. The van der Waals surface area contributed by atoms with Crippen LogP contribution in [0.3, 0.4) is 0 Å². The van der Waals surface area contributed by atoms with E-state index < -0.39 is 0 Å². The number of aromatic nitrogens is 3. The number of hydrogen-bond donors (Lipinski definition) is 1. The summed E-state index contributed by atoms with van der Waals surface area (Å²) in [7, 11) is 0. The molecule has 35 heavy (non-hydrogen) atoms. The van der Waals surface area contributed by atoms with E-state index in [1.807, 2.05) is 31.2 Å². The van der Waals surface area contributed by atoms with Crippen LogP contribution in [0.2, 0.25) is 5.02 Å². The van der Waals surface area contributed by atoms with E-state index >= 15 is 0 Å². The molecule has 1 aromatic carbocycles. The highest BCUT2D eigenvalue weighted by molar-refractivity contribution is 6.32. The summed E-state index contributed by atoms with van der Waals surface area (Å²) in [5.74, 6) is 1.96. The molecule has 0 spiro atoms. The molecule has 3 aromatic rings. The minimum atomic E-state index is -0.231. The Kier molecular flexibility index (Phi) is 7.11. The third kappa shape index (κ3) is 5.89. The molecule has 5 rings (SSSR count). The van der Waals surface area contributed by atoms with E-state index in [4.69, 9.17) is 26.1 Å². The maximum Gasteiger partial charge on any atom is 0.253 e. The number of carbonyl (C=O) groups excluding carboxylic acids is 1. The summed E-state index contributed by atoms with van der Waals surface area (Å²) in [4.78, 5) is 19.9. The smallest absolute Gasteiger partial charge is 0.253 e. The lowest BCUT2D eigenvalue weighted by atomic mass is 10.1. The number of amides is 1.